The summed E-state index contributed by atoms with van der Waals surface area (Å²) in [6.45, 7) is 1.95. The molecule has 0 bridgehead atoms. The minimum atomic E-state index is -0.0151. The van der Waals surface area contributed by atoms with Crippen LogP contribution in [0.25, 0.3) is 0 Å². The van der Waals surface area contributed by atoms with Gasteiger partial charge in [0.05, 0.1) is 10.5 Å². The van der Waals surface area contributed by atoms with Crippen LogP contribution in [-0.4, -0.2) is 0 Å². The predicted molar refractivity (Wildman–Crippen MR) is 64.8 cm³/mol. The maximum absolute atomic E-state index is 5.84. The molecule has 84 valence electrons. The monoisotopic (exact) mass is 271 g/mol. The van der Waals surface area contributed by atoms with Gasteiger partial charge in [-0.1, -0.05) is 19.3 Å². The van der Waals surface area contributed by atoms with Gasteiger partial charge in [0.25, 0.3) is 0 Å². The second kappa shape index (κ2) is 4.71. The third-order valence-corrected chi connectivity index (χ3v) is 3.78. The van der Waals surface area contributed by atoms with Crippen molar-refractivity contribution >= 4 is 15.9 Å². The topological polar surface area (TPSA) is 39.2 Å². The SMILES string of the molecule is CC(N)c1cc(Br)c(C2CCCCC2)o1. The molecule has 2 rings (SSSR count). The lowest BCUT2D eigenvalue weighted by molar-refractivity contribution is 0.354. The molecule has 2 N–H and O–H groups in total. The summed E-state index contributed by atoms with van der Waals surface area (Å²) in [5.74, 6) is 2.60. The highest BCUT2D eigenvalue weighted by molar-refractivity contribution is 9.10. The van der Waals surface area contributed by atoms with Crippen molar-refractivity contribution in [3.63, 3.8) is 0 Å². The number of hydrogen-bond donors (Lipinski definition) is 1. The molecule has 0 saturated heterocycles. The molecule has 1 aromatic rings. The molecular formula is C12H18BrNO. The second-order valence-corrected chi connectivity index (χ2v) is 5.34. The molecule has 1 atom stereocenters. The molecule has 1 aromatic heterocycles. The molecule has 0 aromatic carbocycles. The highest BCUT2D eigenvalue weighted by Gasteiger charge is 2.22. The van der Waals surface area contributed by atoms with E-state index in [1.165, 1.54) is 32.1 Å². The van der Waals surface area contributed by atoms with Crippen molar-refractivity contribution in [1.29, 1.82) is 0 Å². The normalized spacial score (nSPS) is 20.5. The van der Waals surface area contributed by atoms with Crippen molar-refractivity contribution in [2.75, 3.05) is 0 Å². The molecule has 0 aliphatic heterocycles. The summed E-state index contributed by atoms with van der Waals surface area (Å²) in [5.41, 5.74) is 5.81. The quantitative estimate of drug-likeness (QED) is 0.879. The molecule has 1 unspecified atom stereocenters. The number of hydrogen-bond acceptors (Lipinski definition) is 2. The molecule has 1 aliphatic rings. The highest BCUT2D eigenvalue weighted by atomic mass is 79.9. The van der Waals surface area contributed by atoms with Gasteiger partial charge in [0.2, 0.25) is 0 Å². The Balaban J connectivity index is 2.19. The average Bonchev–Trinajstić information content (AvgIpc) is 2.62. The van der Waals surface area contributed by atoms with Gasteiger partial charge in [0.15, 0.2) is 0 Å². The summed E-state index contributed by atoms with van der Waals surface area (Å²) in [7, 11) is 0. The summed E-state index contributed by atoms with van der Waals surface area (Å²) in [6, 6.07) is 2.01. The summed E-state index contributed by atoms with van der Waals surface area (Å²) in [5, 5.41) is 0. The Kier molecular flexibility index (Phi) is 3.52. The van der Waals surface area contributed by atoms with Crippen molar-refractivity contribution in [3.8, 4) is 0 Å². The van der Waals surface area contributed by atoms with E-state index in [9.17, 15) is 0 Å². The third kappa shape index (κ3) is 2.45. The van der Waals surface area contributed by atoms with Gasteiger partial charge in [-0.25, -0.2) is 0 Å². The largest absolute Gasteiger partial charge is 0.463 e. The average molecular weight is 272 g/mol. The molecule has 0 spiro atoms. The van der Waals surface area contributed by atoms with Crippen LogP contribution in [0.5, 0.6) is 0 Å². The standard InChI is InChI=1S/C12H18BrNO/c1-8(14)11-7-10(13)12(15-11)9-5-3-2-4-6-9/h7-9H,2-6,14H2,1H3. The molecule has 0 radical (unpaired) electrons. The van der Waals surface area contributed by atoms with Crippen molar-refractivity contribution in [3.05, 3.63) is 22.1 Å². The van der Waals surface area contributed by atoms with E-state index in [4.69, 9.17) is 10.2 Å². The first-order valence-corrected chi connectivity index (χ1v) is 6.52. The smallest absolute Gasteiger partial charge is 0.121 e. The number of furan rings is 1. The van der Waals surface area contributed by atoms with Gasteiger partial charge in [0.1, 0.15) is 11.5 Å². The van der Waals surface area contributed by atoms with Crippen molar-refractivity contribution < 1.29 is 4.42 Å². The maximum atomic E-state index is 5.84. The minimum Gasteiger partial charge on any atom is -0.463 e. The Morgan fingerprint density at radius 2 is 2.07 bits per heavy atom. The molecule has 1 aliphatic carbocycles. The molecule has 1 fully saturated rings. The predicted octanol–water partition coefficient (Wildman–Crippen LogP) is 4.11. The number of nitrogens with two attached hydrogens (primary N) is 1. The fourth-order valence-electron chi connectivity index (χ4n) is 2.27. The van der Waals surface area contributed by atoms with Crippen molar-refractivity contribution in [2.45, 2.75) is 51.0 Å². The van der Waals surface area contributed by atoms with Gasteiger partial charge >= 0.3 is 0 Å². The van der Waals surface area contributed by atoms with Gasteiger partial charge < -0.3 is 10.2 Å². The van der Waals surface area contributed by atoms with Crippen LogP contribution >= 0.6 is 15.9 Å². The van der Waals surface area contributed by atoms with Crippen molar-refractivity contribution in [2.24, 2.45) is 5.73 Å². The molecule has 3 heteroatoms. The van der Waals surface area contributed by atoms with Crippen LogP contribution in [0.15, 0.2) is 15.0 Å². The summed E-state index contributed by atoms with van der Waals surface area (Å²) in [4.78, 5) is 0. The van der Waals surface area contributed by atoms with Crippen LogP contribution in [-0.2, 0) is 0 Å². The van der Waals surface area contributed by atoms with Crippen LogP contribution in [0.1, 0.15) is 62.5 Å². The lowest BCUT2D eigenvalue weighted by Gasteiger charge is -2.19. The van der Waals surface area contributed by atoms with E-state index in [-0.39, 0.29) is 6.04 Å². The molecule has 1 saturated carbocycles. The Bertz CT molecular complexity index is 326. The number of halogens is 1. The Hall–Kier alpha value is -0.280. The van der Waals surface area contributed by atoms with E-state index in [2.05, 4.69) is 15.9 Å². The molecule has 0 amide bonds. The van der Waals surface area contributed by atoms with Crippen LogP contribution < -0.4 is 5.73 Å². The van der Waals surface area contributed by atoms with Crippen LogP contribution in [0.2, 0.25) is 0 Å². The third-order valence-electron chi connectivity index (χ3n) is 3.16. The first-order chi connectivity index (χ1) is 7.18. The van der Waals surface area contributed by atoms with E-state index >= 15 is 0 Å². The fourth-order valence-corrected chi connectivity index (χ4v) is 2.90. The molecule has 15 heavy (non-hydrogen) atoms. The fraction of sp³-hybridized carbons (Fsp3) is 0.667. The second-order valence-electron chi connectivity index (χ2n) is 4.48. The lowest BCUT2D eigenvalue weighted by atomic mass is 9.88. The summed E-state index contributed by atoms with van der Waals surface area (Å²) in [6.07, 6.45) is 6.53. The summed E-state index contributed by atoms with van der Waals surface area (Å²) >= 11 is 3.57. The van der Waals surface area contributed by atoms with Gasteiger partial charge in [-0.05, 0) is 41.8 Å². The van der Waals surface area contributed by atoms with E-state index < -0.39 is 0 Å². The van der Waals surface area contributed by atoms with Crippen LogP contribution in [0, 0.1) is 0 Å². The van der Waals surface area contributed by atoms with Crippen molar-refractivity contribution in [1.82, 2.24) is 0 Å². The molecule has 2 nitrogen and oxygen atoms in total. The Morgan fingerprint density at radius 3 is 2.60 bits per heavy atom. The Morgan fingerprint density at radius 1 is 1.40 bits per heavy atom. The molecular weight excluding hydrogens is 254 g/mol. The van der Waals surface area contributed by atoms with Crippen LogP contribution in [0.3, 0.4) is 0 Å². The van der Waals surface area contributed by atoms with Gasteiger partial charge in [-0.15, -0.1) is 0 Å². The van der Waals surface area contributed by atoms with Gasteiger partial charge in [-0.2, -0.15) is 0 Å². The first-order valence-electron chi connectivity index (χ1n) is 5.73. The maximum Gasteiger partial charge on any atom is 0.121 e. The van der Waals surface area contributed by atoms with Gasteiger partial charge in [-0.3, -0.25) is 0 Å². The van der Waals surface area contributed by atoms with E-state index in [1.807, 2.05) is 13.0 Å². The lowest BCUT2D eigenvalue weighted by Crippen LogP contribution is -2.05. The van der Waals surface area contributed by atoms with E-state index in [1.54, 1.807) is 0 Å². The zero-order valence-corrected chi connectivity index (χ0v) is 10.7. The zero-order chi connectivity index (χ0) is 10.8. The minimum absolute atomic E-state index is 0.0151. The summed E-state index contributed by atoms with van der Waals surface area (Å²) < 4.78 is 6.94. The van der Waals surface area contributed by atoms with E-state index in [0.717, 1.165) is 16.0 Å². The molecule has 1 heterocycles. The zero-order valence-electron chi connectivity index (χ0n) is 9.13. The van der Waals surface area contributed by atoms with E-state index in [0.29, 0.717) is 5.92 Å². The van der Waals surface area contributed by atoms with Crippen LogP contribution in [0.4, 0.5) is 0 Å². The van der Waals surface area contributed by atoms with Gasteiger partial charge in [0, 0.05) is 5.92 Å². The highest BCUT2D eigenvalue weighted by Crippen LogP contribution is 2.38. The number of rotatable bonds is 2. The Labute approximate surface area is 99.3 Å². The first kappa shape index (κ1) is 11.2.